The molecule has 0 saturated carbocycles. The summed E-state index contributed by atoms with van der Waals surface area (Å²) in [6.45, 7) is 10.6. The fourth-order valence-electron chi connectivity index (χ4n) is 11.7. The van der Waals surface area contributed by atoms with Crippen molar-refractivity contribution in [3.05, 3.63) is 29.1 Å². The lowest BCUT2D eigenvalue weighted by Gasteiger charge is -2.15. The zero-order valence-electron chi connectivity index (χ0n) is 49.5. The van der Waals surface area contributed by atoms with E-state index < -0.39 is 0 Å². The van der Waals surface area contributed by atoms with Gasteiger partial charge in [0.1, 0.15) is 6.54 Å². The molecule has 1 aromatic rings. The molecule has 0 saturated heterocycles. The van der Waals surface area contributed by atoms with Crippen molar-refractivity contribution in [1.29, 1.82) is 0 Å². The summed E-state index contributed by atoms with van der Waals surface area (Å²) in [7, 11) is 0. The molecule has 414 valence electrons. The molecule has 1 rings (SSSR count). The highest BCUT2D eigenvalue weighted by Gasteiger charge is 2.20. The van der Waals surface area contributed by atoms with E-state index in [1.54, 1.807) is 11.3 Å². The number of rotatable bonds is 60. The Morgan fingerprint density at radius 2 is 0.443 bits per heavy atom. The SMILES string of the molecule is CCCCCCCCCCCCCCCCc1cc[n+](CCCCCCCCCCCCCCCC)c(CCCCCCCCCCCCCCCC)c1CCCCCCCCCCCCCCCC. The van der Waals surface area contributed by atoms with Crippen LogP contribution in [0.1, 0.15) is 404 Å². The smallest absolute Gasteiger partial charge is 0.184 e. The summed E-state index contributed by atoms with van der Waals surface area (Å²) in [5.41, 5.74) is 5.33. The van der Waals surface area contributed by atoms with E-state index in [1.165, 1.54) is 385 Å². The molecule has 1 heteroatoms. The van der Waals surface area contributed by atoms with Crippen molar-refractivity contribution in [2.45, 2.75) is 413 Å². The molecule has 0 unspecified atom stereocenters. The number of hydrogen-bond acceptors (Lipinski definition) is 0. The molecule has 0 N–H and O–H groups in total. The zero-order chi connectivity index (χ0) is 50.2. The first-order valence-electron chi connectivity index (χ1n) is 33.8. The van der Waals surface area contributed by atoms with Gasteiger partial charge in [-0.15, -0.1) is 0 Å². The molecule has 1 aromatic heterocycles. The maximum atomic E-state index is 2.80. The first-order chi connectivity index (χ1) is 34.8. The second-order valence-electron chi connectivity index (χ2n) is 23.6. The average molecular weight is 978 g/mol. The minimum atomic E-state index is 1.25. The van der Waals surface area contributed by atoms with Gasteiger partial charge in [-0.05, 0) is 44.1 Å². The van der Waals surface area contributed by atoms with Crippen molar-refractivity contribution in [3.8, 4) is 0 Å². The topological polar surface area (TPSA) is 3.88 Å². The monoisotopic (exact) mass is 977 g/mol. The summed E-state index contributed by atoms with van der Waals surface area (Å²) in [5.74, 6) is 0. The van der Waals surface area contributed by atoms with Gasteiger partial charge in [0, 0.05) is 24.5 Å². The minimum Gasteiger partial charge on any atom is -0.202 e. The Bertz CT molecular complexity index is 1030. The Morgan fingerprint density at radius 1 is 0.229 bits per heavy atom. The highest BCUT2D eigenvalue weighted by Crippen LogP contribution is 2.24. The van der Waals surface area contributed by atoms with Crippen LogP contribution >= 0.6 is 0 Å². The Balaban J connectivity index is 2.77. The van der Waals surface area contributed by atoms with Gasteiger partial charge in [0.05, 0.1) is 0 Å². The second kappa shape index (κ2) is 57.4. The van der Waals surface area contributed by atoms with Crippen LogP contribution in [0.25, 0.3) is 0 Å². The van der Waals surface area contributed by atoms with E-state index in [9.17, 15) is 0 Å². The van der Waals surface area contributed by atoms with Gasteiger partial charge in [-0.1, -0.05) is 355 Å². The molecule has 0 aliphatic rings. The van der Waals surface area contributed by atoms with E-state index in [2.05, 4.69) is 44.5 Å². The normalized spacial score (nSPS) is 11.7. The first-order valence-corrected chi connectivity index (χ1v) is 33.8. The van der Waals surface area contributed by atoms with Gasteiger partial charge in [0.15, 0.2) is 11.9 Å². The first kappa shape index (κ1) is 67.2. The van der Waals surface area contributed by atoms with E-state index in [0.29, 0.717) is 0 Å². The number of aromatic nitrogens is 1. The lowest BCUT2D eigenvalue weighted by Crippen LogP contribution is -2.40. The molecule has 0 aliphatic carbocycles. The summed E-state index contributed by atoms with van der Waals surface area (Å²) < 4.78 is 2.80. The zero-order valence-corrected chi connectivity index (χ0v) is 49.5. The third-order valence-corrected chi connectivity index (χ3v) is 16.6. The van der Waals surface area contributed by atoms with Crippen molar-refractivity contribution in [2.75, 3.05) is 0 Å². The highest BCUT2D eigenvalue weighted by atomic mass is 15.0. The van der Waals surface area contributed by atoms with E-state index in [-0.39, 0.29) is 0 Å². The van der Waals surface area contributed by atoms with Gasteiger partial charge in [-0.3, -0.25) is 0 Å². The van der Waals surface area contributed by atoms with Crippen LogP contribution in [0.15, 0.2) is 12.3 Å². The third-order valence-electron chi connectivity index (χ3n) is 16.6. The summed E-state index contributed by atoms with van der Waals surface area (Å²) in [4.78, 5) is 0. The fraction of sp³-hybridized carbons (Fsp3) is 0.928. The molecule has 0 bridgehead atoms. The van der Waals surface area contributed by atoms with Crippen LogP contribution in [0.3, 0.4) is 0 Å². The Labute approximate surface area is 444 Å². The number of pyridine rings is 1. The molecule has 0 aromatic carbocycles. The fourth-order valence-corrected chi connectivity index (χ4v) is 11.7. The maximum absolute atomic E-state index is 2.80. The van der Waals surface area contributed by atoms with Crippen molar-refractivity contribution >= 4 is 0 Å². The summed E-state index contributed by atoms with van der Waals surface area (Å²) in [5, 5.41) is 0. The molecule has 1 nitrogen and oxygen atoms in total. The van der Waals surface area contributed by atoms with Crippen LogP contribution in [0.2, 0.25) is 0 Å². The minimum absolute atomic E-state index is 1.25. The second-order valence-corrected chi connectivity index (χ2v) is 23.6. The molecule has 0 fully saturated rings. The van der Waals surface area contributed by atoms with E-state index in [0.717, 1.165) is 0 Å². The predicted molar refractivity (Wildman–Crippen MR) is 319 cm³/mol. The van der Waals surface area contributed by atoms with Crippen molar-refractivity contribution in [1.82, 2.24) is 0 Å². The number of unbranched alkanes of at least 4 members (excludes halogenated alkanes) is 52. The lowest BCUT2D eigenvalue weighted by atomic mass is 9.92. The summed E-state index contributed by atoms with van der Waals surface area (Å²) in [6, 6.07) is 2.62. The molecule has 0 amide bonds. The molecule has 0 aliphatic heterocycles. The standard InChI is InChI=1S/C69H134N/c1-5-9-13-17-21-25-29-33-37-41-45-49-53-57-61-67-64-66-70(65-60-56-52-48-44-40-36-32-28-24-20-16-12-8-4)69(63-59-55-51-47-43-39-35-31-27-23-19-15-11-7-3)68(67)62-58-54-50-46-42-38-34-30-26-22-18-14-10-6-2/h64,66H,5-63,65H2,1-4H3/q+1. The molecule has 1 heterocycles. The Hall–Kier alpha value is -0.850. The Morgan fingerprint density at radius 3 is 0.714 bits per heavy atom. The van der Waals surface area contributed by atoms with Gasteiger partial charge in [-0.25, -0.2) is 4.57 Å². The van der Waals surface area contributed by atoms with Crippen LogP contribution in [0, 0.1) is 0 Å². The van der Waals surface area contributed by atoms with Gasteiger partial charge < -0.3 is 0 Å². The summed E-state index contributed by atoms with van der Waals surface area (Å²) in [6.07, 6.45) is 87.7. The average Bonchev–Trinajstić information content (AvgIpc) is 3.37. The van der Waals surface area contributed by atoms with Crippen LogP contribution in [-0.2, 0) is 25.8 Å². The quantitative estimate of drug-likeness (QED) is 0.0452. The van der Waals surface area contributed by atoms with Crippen molar-refractivity contribution in [2.24, 2.45) is 0 Å². The van der Waals surface area contributed by atoms with Crippen LogP contribution in [0.4, 0.5) is 0 Å². The number of hydrogen-bond donors (Lipinski definition) is 0. The Kier molecular flexibility index (Phi) is 55.1. The predicted octanol–water partition coefficient (Wildman–Crippen LogP) is 24.5. The number of aryl methyl sites for hydroxylation is 2. The van der Waals surface area contributed by atoms with E-state index >= 15 is 0 Å². The van der Waals surface area contributed by atoms with Crippen LogP contribution in [-0.4, -0.2) is 0 Å². The highest BCUT2D eigenvalue weighted by molar-refractivity contribution is 5.28. The maximum Gasteiger partial charge on any atom is 0.184 e. The van der Waals surface area contributed by atoms with Crippen LogP contribution in [0.5, 0.6) is 0 Å². The van der Waals surface area contributed by atoms with Gasteiger partial charge >= 0.3 is 0 Å². The summed E-state index contributed by atoms with van der Waals surface area (Å²) >= 11 is 0. The van der Waals surface area contributed by atoms with Gasteiger partial charge in [0.2, 0.25) is 0 Å². The van der Waals surface area contributed by atoms with Gasteiger partial charge in [-0.2, -0.15) is 0 Å². The molecule has 0 atom stereocenters. The number of nitrogens with zero attached hydrogens (tertiary/aromatic N) is 1. The third kappa shape index (κ3) is 45.7. The van der Waals surface area contributed by atoms with Crippen LogP contribution < -0.4 is 4.57 Å². The van der Waals surface area contributed by atoms with Gasteiger partial charge in [0.25, 0.3) is 0 Å². The molecule has 70 heavy (non-hydrogen) atoms. The van der Waals surface area contributed by atoms with E-state index in [4.69, 9.17) is 0 Å². The lowest BCUT2D eigenvalue weighted by molar-refractivity contribution is -0.705. The van der Waals surface area contributed by atoms with Crippen molar-refractivity contribution in [3.63, 3.8) is 0 Å². The molecule has 0 spiro atoms. The molecular weight excluding hydrogens is 843 g/mol. The van der Waals surface area contributed by atoms with E-state index in [1.807, 2.05) is 5.56 Å². The largest absolute Gasteiger partial charge is 0.202 e. The molecule has 0 radical (unpaired) electrons. The van der Waals surface area contributed by atoms with Crippen molar-refractivity contribution < 1.29 is 4.57 Å². The molecular formula is C69H134N+.